The second kappa shape index (κ2) is 11.2. The molecule has 0 aliphatic rings. The fourth-order valence-corrected chi connectivity index (χ4v) is 4.31. The van der Waals surface area contributed by atoms with E-state index in [-0.39, 0.29) is 58.9 Å². The molecule has 3 aromatic carbocycles. The van der Waals surface area contributed by atoms with Gasteiger partial charge in [-0.15, -0.1) is 0 Å². The maximum absolute atomic E-state index is 15.3. The molecule has 1 unspecified atom stereocenters. The zero-order valence-electron chi connectivity index (χ0n) is 21.4. The molecule has 2 aromatic heterocycles. The van der Waals surface area contributed by atoms with Gasteiger partial charge in [0.1, 0.15) is 17.4 Å². The van der Waals surface area contributed by atoms with Crippen molar-refractivity contribution >= 4 is 16.9 Å². The minimum atomic E-state index is -0.946. The maximum atomic E-state index is 15.3. The van der Waals surface area contributed by atoms with E-state index < -0.39 is 40.9 Å². The monoisotopic (exact) mass is 553 g/mol. The van der Waals surface area contributed by atoms with Crippen molar-refractivity contribution < 1.29 is 36.4 Å². The number of benzene rings is 3. The van der Waals surface area contributed by atoms with Crippen LogP contribution in [0.25, 0.3) is 22.4 Å². The van der Waals surface area contributed by atoms with E-state index in [1.165, 1.54) is 24.4 Å². The van der Waals surface area contributed by atoms with Gasteiger partial charge in [-0.25, -0.2) is 17.6 Å². The molecule has 0 aliphatic carbocycles. The highest BCUT2D eigenvalue weighted by atomic mass is 19.1. The largest absolute Gasteiger partial charge is 0.466 e. The van der Waals surface area contributed by atoms with E-state index >= 15 is 4.39 Å². The Balaban J connectivity index is 1.39. The molecule has 0 amide bonds. The molecule has 5 rings (SSSR count). The van der Waals surface area contributed by atoms with Crippen LogP contribution in [0.5, 0.6) is 11.5 Å². The number of carbonyl (C=O) groups is 1. The topological polar surface area (TPSA) is 90.2 Å². The Bertz CT molecular complexity index is 1700. The first-order valence-corrected chi connectivity index (χ1v) is 12.5. The van der Waals surface area contributed by atoms with E-state index in [9.17, 15) is 18.0 Å². The SMILES string of the molecule is CCOC(=O)CCc1cccc(C(C)c2noc(-c3cc(Oc4c(F)cc5[nH]ccc5c4F)ccc3F)n2)c1F. The number of aryl methyl sites for hydroxylation is 1. The number of nitrogens with zero attached hydrogens (tertiary/aromatic N) is 2. The molecule has 0 fully saturated rings. The average molecular weight is 554 g/mol. The van der Waals surface area contributed by atoms with Crippen molar-refractivity contribution in [2.24, 2.45) is 0 Å². The van der Waals surface area contributed by atoms with Gasteiger partial charge in [0.15, 0.2) is 23.2 Å². The molecule has 1 N–H and O–H groups in total. The number of aromatic nitrogens is 3. The van der Waals surface area contributed by atoms with Gasteiger partial charge in [-0.05, 0) is 48.7 Å². The molecule has 7 nitrogen and oxygen atoms in total. The van der Waals surface area contributed by atoms with E-state index in [0.29, 0.717) is 5.56 Å². The minimum absolute atomic E-state index is 0.0273. The van der Waals surface area contributed by atoms with Gasteiger partial charge in [0.25, 0.3) is 5.89 Å². The van der Waals surface area contributed by atoms with Gasteiger partial charge in [0.05, 0.1) is 17.7 Å². The number of aromatic amines is 1. The Morgan fingerprint density at radius 2 is 1.88 bits per heavy atom. The third-order valence-corrected chi connectivity index (χ3v) is 6.40. The summed E-state index contributed by atoms with van der Waals surface area (Å²) >= 11 is 0. The van der Waals surface area contributed by atoms with Gasteiger partial charge >= 0.3 is 5.97 Å². The van der Waals surface area contributed by atoms with Crippen LogP contribution in [0.1, 0.15) is 43.1 Å². The van der Waals surface area contributed by atoms with E-state index in [1.54, 1.807) is 32.0 Å². The van der Waals surface area contributed by atoms with E-state index in [4.69, 9.17) is 14.0 Å². The van der Waals surface area contributed by atoms with E-state index in [0.717, 1.165) is 12.1 Å². The van der Waals surface area contributed by atoms with Crippen LogP contribution >= 0.6 is 0 Å². The number of nitrogens with one attached hydrogen (secondary N) is 1. The summed E-state index contributed by atoms with van der Waals surface area (Å²) < 4.78 is 75.0. The molecule has 40 heavy (non-hydrogen) atoms. The second-order valence-electron chi connectivity index (χ2n) is 8.99. The Morgan fingerprint density at radius 1 is 1.05 bits per heavy atom. The lowest BCUT2D eigenvalue weighted by atomic mass is 9.96. The number of carbonyl (C=O) groups excluding carboxylic acids is 1. The number of ether oxygens (including phenoxy) is 2. The highest BCUT2D eigenvalue weighted by Crippen LogP contribution is 2.35. The molecule has 0 spiro atoms. The van der Waals surface area contributed by atoms with Crippen LogP contribution in [-0.4, -0.2) is 27.7 Å². The van der Waals surface area contributed by atoms with Gasteiger partial charge in [0.2, 0.25) is 0 Å². The predicted molar refractivity (Wildman–Crippen MR) is 137 cm³/mol. The van der Waals surface area contributed by atoms with Crippen LogP contribution in [0.3, 0.4) is 0 Å². The predicted octanol–water partition coefficient (Wildman–Crippen LogP) is 7.21. The summed E-state index contributed by atoms with van der Waals surface area (Å²) in [7, 11) is 0. The van der Waals surface area contributed by atoms with Crippen LogP contribution in [-0.2, 0) is 16.0 Å². The number of fused-ring (bicyclic) bond motifs is 1. The van der Waals surface area contributed by atoms with Crippen molar-refractivity contribution in [3.8, 4) is 23.0 Å². The van der Waals surface area contributed by atoms with Gasteiger partial charge in [-0.3, -0.25) is 4.79 Å². The number of esters is 1. The van der Waals surface area contributed by atoms with E-state index in [2.05, 4.69) is 15.1 Å². The first-order valence-electron chi connectivity index (χ1n) is 12.5. The maximum Gasteiger partial charge on any atom is 0.306 e. The lowest BCUT2D eigenvalue weighted by Crippen LogP contribution is -2.08. The average Bonchev–Trinajstić information content (AvgIpc) is 3.61. The van der Waals surface area contributed by atoms with Crippen molar-refractivity contribution in [3.63, 3.8) is 0 Å². The summed E-state index contributed by atoms with van der Waals surface area (Å²) in [5.74, 6) is -5.10. The third-order valence-electron chi connectivity index (χ3n) is 6.40. The molecule has 11 heteroatoms. The first kappa shape index (κ1) is 26.9. The number of hydrogen-bond acceptors (Lipinski definition) is 6. The van der Waals surface area contributed by atoms with Gasteiger partial charge in [0, 0.05) is 30.0 Å². The molecule has 0 radical (unpaired) electrons. The van der Waals surface area contributed by atoms with Gasteiger partial charge in [-0.2, -0.15) is 4.98 Å². The molecule has 0 aliphatic heterocycles. The Labute approximate surface area is 225 Å². The summed E-state index contributed by atoms with van der Waals surface area (Å²) in [6.07, 6.45) is 1.64. The highest BCUT2D eigenvalue weighted by molar-refractivity contribution is 5.82. The van der Waals surface area contributed by atoms with Crippen molar-refractivity contribution in [1.29, 1.82) is 0 Å². The van der Waals surface area contributed by atoms with Crippen LogP contribution in [0, 0.1) is 23.3 Å². The lowest BCUT2D eigenvalue weighted by molar-refractivity contribution is -0.143. The summed E-state index contributed by atoms with van der Waals surface area (Å²) in [5.41, 5.74) is 0.679. The molecule has 2 heterocycles. The van der Waals surface area contributed by atoms with Crippen LogP contribution in [0.15, 0.2) is 59.3 Å². The summed E-state index contributed by atoms with van der Waals surface area (Å²) in [6.45, 7) is 3.59. The fraction of sp³-hybridized carbons (Fsp3) is 0.207. The Kier molecular flexibility index (Phi) is 7.54. The summed E-state index contributed by atoms with van der Waals surface area (Å²) in [6, 6.07) is 10.7. The lowest BCUT2D eigenvalue weighted by Gasteiger charge is -2.12. The zero-order chi connectivity index (χ0) is 28.4. The molecule has 0 saturated heterocycles. The summed E-state index contributed by atoms with van der Waals surface area (Å²) in [5, 5.41) is 4.02. The third kappa shape index (κ3) is 5.27. The number of hydrogen-bond donors (Lipinski definition) is 1. The van der Waals surface area contributed by atoms with Crippen LogP contribution in [0.4, 0.5) is 17.6 Å². The Morgan fingerprint density at radius 3 is 2.67 bits per heavy atom. The highest BCUT2D eigenvalue weighted by Gasteiger charge is 2.23. The molecule has 0 bridgehead atoms. The first-order chi connectivity index (χ1) is 19.3. The molecule has 5 aromatic rings. The second-order valence-corrected chi connectivity index (χ2v) is 8.99. The summed E-state index contributed by atoms with van der Waals surface area (Å²) in [4.78, 5) is 18.6. The fourth-order valence-electron chi connectivity index (χ4n) is 4.31. The molecule has 0 saturated carbocycles. The normalized spacial score (nSPS) is 12.1. The Hall–Kier alpha value is -4.67. The van der Waals surface area contributed by atoms with Crippen molar-refractivity contribution in [2.45, 2.75) is 32.6 Å². The smallest absolute Gasteiger partial charge is 0.306 e. The van der Waals surface area contributed by atoms with Crippen molar-refractivity contribution in [1.82, 2.24) is 15.1 Å². The quantitative estimate of drug-likeness (QED) is 0.153. The van der Waals surface area contributed by atoms with Crippen molar-refractivity contribution in [2.75, 3.05) is 6.61 Å². The zero-order valence-corrected chi connectivity index (χ0v) is 21.4. The van der Waals surface area contributed by atoms with Crippen LogP contribution < -0.4 is 4.74 Å². The number of halogens is 4. The van der Waals surface area contributed by atoms with Gasteiger partial charge < -0.3 is 19.0 Å². The number of H-pyrrole nitrogens is 1. The molecule has 1 atom stereocenters. The number of rotatable bonds is 9. The van der Waals surface area contributed by atoms with Crippen LogP contribution in [0.2, 0.25) is 0 Å². The van der Waals surface area contributed by atoms with E-state index in [1.807, 2.05) is 0 Å². The van der Waals surface area contributed by atoms with Gasteiger partial charge in [-0.1, -0.05) is 30.3 Å². The molecular weight excluding hydrogens is 530 g/mol. The molecule has 206 valence electrons. The standard InChI is InChI=1S/C29H23F4N3O4/c1-3-38-24(37)10-7-16-5-4-6-18(25(16)32)15(2)28-35-29(40-36-28)20-13-17(8-9-21(20)30)39-27-22(31)14-23-19(26(27)33)11-12-34-23/h4-6,8-9,11-15,34H,3,7,10H2,1-2H3. The molecular formula is C29H23F4N3O4. The minimum Gasteiger partial charge on any atom is -0.466 e. The van der Waals surface area contributed by atoms with Crippen molar-refractivity contribution in [3.05, 3.63) is 94.9 Å².